The van der Waals surface area contributed by atoms with Gasteiger partial charge in [0.1, 0.15) is 0 Å². The van der Waals surface area contributed by atoms with Crippen molar-refractivity contribution in [3.63, 3.8) is 0 Å². The quantitative estimate of drug-likeness (QED) is 0.505. The molecular formula is C13H26N2S. The van der Waals surface area contributed by atoms with Crippen LogP contribution in [0.25, 0.3) is 0 Å². The van der Waals surface area contributed by atoms with Gasteiger partial charge < -0.3 is 10.6 Å². The van der Waals surface area contributed by atoms with Gasteiger partial charge in [0, 0.05) is 12.6 Å². The molecule has 0 saturated heterocycles. The SMILES string of the molecule is CC(C)CCCCCCNC(=S)NC1CC1. The lowest BCUT2D eigenvalue weighted by atomic mass is 10.0. The van der Waals surface area contributed by atoms with Crippen LogP contribution in [-0.2, 0) is 0 Å². The van der Waals surface area contributed by atoms with Crippen molar-refractivity contribution in [1.29, 1.82) is 0 Å². The van der Waals surface area contributed by atoms with Crippen LogP contribution < -0.4 is 10.6 Å². The number of nitrogens with one attached hydrogen (secondary N) is 2. The Morgan fingerprint density at radius 3 is 2.50 bits per heavy atom. The maximum atomic E-state index is 5.18. The van der Waals surface area contributed by atoms with Crippen molar-refractivity contribution < 1.29 is 0 Å². The molecule has 2 nitrogen and oxygen atoms in total. The van der Waals surface area contributed by atoms with E-state index in [0.29, 0.717) is 6.04 Å². The molecule has 1 fully saturated rings. The minimum absolute atomic E-state index is 0.672. The van der Waals surface area contributed by atoms with E-state index in [4.69, 9.17) is 12.2 Å². The second-order valence-corrected chi connectivity index (χ2v) is 5.68. The zero-order valence-corrected chi connectivity index (χ0v) is 11.5. The first-order valence-corrected chi connectivity index (χ1v) is 7.13. The van der Waals surface area contributed by atoms with Crippen LogP contribution in [0.3, 0.4) is 0 Å². The van der Waals surface area contributed by atoms with Gasteiger partial charge >= 0.3 is 0 Å². The molecule has 0 aromatic rings. The molecular weight excluding hydrogens is 216 g/mol. The zero-order chi connectivity index (χ0) is 11.8. The summed E-state index contributed by atoms with van der Waals surface area (Å²) in [4.78, 5) is 0. The zero-order valence-electron chi connectivity index (χ0n) is 10.7. The highest BCUT2D eigenvalue weighted by molar-refractivity contribution is 7.80. The Bertz CT molecular complexity index is 200. The summed E-state index contributed by atoms with van der Waals surface area (Å²) in [6.45, 7) is 5.62. The van der Waals surface area contributed by atoms with Gasteiger partial charge in [-0.05, 0) is 37.4 Å². The summed E-state index contributed by atoms with van der Waals surface area (Å²) in [6.07, 6.45) is 9.25. The van der Waals surface area contributed by atoms with Gasteiger partial charge in [0.25, 0.3) is 0 Å². The van der Waals surface area contributed by atoms with Gasteiger partial charge in [-0.1, -0.05) is 39.5 Å². The molecule has 0 aromatic heterocycles. The van der Waals surface area contributed by atoms with E-state index in [1.807, 2.05) is 0 Å². The van der Waals surface area contributed by atoms with Crippen LogP contribution in [0, 0.1) is 5.92 Å². The van der Waals surface area contributed by atoms with Gasteiger partial charge in [-0.25, -0.2) is 0 Å². The summed E-state index contributed by atoms with van der Waals surface area (Å²) in [5.74, 6) is 0.855. The molecule has 0 atom stereocenters. The smallest absolute Gasteiger partial charge is 0.166 e. The van der Waals surface area contributed by atoms with Crippen LogP contribution in [0.2, 0.25) is 0 Å². The average Bonchev–Trinajstić information content (AvgIpc) is 2.99. The maximum Gasteiger partial charge on any atom is 0.166 e. The van der Waals surface area contributed by atoms with E-state index >= 15 is 0 Å². The minimum atomic E-state index is 0.672. The number of thiocarbonyl (C=S) groups is 1. The summed E-state index contributed by atoms with van der Waals surface area (Å²) in [5.41, 5.74) is 0. The molecule has 94 valence electrons. The van der Waals surface area contributed by atoms with Crippen LogP contribution in [0.15, 0.2) is 0 Å². The van der Waals surface area contributed by atoms with E-state index in [9.17, 15) is 0 Å². The normalized spacial score (nSPS) is 15.2. The largest absolute Gasteiger partial charge is 0.363 e. The second-order valence-electron chi connectivity index (χ2n) is 5.27. The molecule has 1 saturated carbocycles. The Morgan fingerprint density at radius 2 is 1.88 bits per heavy atom. The second kappa shape index (κ2) is 7.88. The molecule has 0 heterocycles. The van der Waals surface area contributed by atoms with Crippen LogP contribution in [0.4, 0.5) is 0 Å². The van der Waals surface area contributed by atoms with Crippen molar-refractivity contribution in [2.24, 2.45) is 5.92 Å². The van der Waals surface area contributed by atoms with E-state index < -0.39 is 0 Å². The summed E-state index contributed by atoms with van der Waals surface area (Å²) >= 11 is 5.18. The van der Waals surface area contributed by atoms with Gasteiger partial charge in [0.15, 0.2) is 5.11 Å². The van der Waals surface area contributed by atoms with E-state index in [2.05, 4.69) is 24.5 Å². The van der Waals surface area contributed by atoms with Crippen molar-refractivity contribution in [2.75, 3.05) is 6.54 Å². The summed E-state index contributed by atoms with van der Waals surface area (Å²) in [7, 11) is 0. The third-order valence-corrected chi connectivity index (χ3v) is 3.17. The number of hydrogen-bond donors (Lipinski definition) is 2. The first-order chi connectivity index (χ1) is 7.68. The molecule has 0 bridgehead atoms. The first kappa shape index (κ1) is 13.8. The number of hydrogen-bond acceptors (Lipinski definition) is 1. The highest BCUT2D eigenvalue weighted by Crippen LogP contribution is 2.18. The number of unbranched alkanes of at least 4 members (excludes halogenated alkanes) is 3. The topological polar surface area (TPSA) is 24.1 Å². The Kier molecular flexibility index (Phi) is 6.78. The lowest BCUT2D eigenvalue weighted by molar-refractivity contribution is 0.519. The van der Waals surface area contributed by atoms with Crippen LogP contribution >= 0.6 is 12.2 Å². The van der Waals surface area contributed by atoms with Crippen LogP contribution in [0.5, 0.6) is 0 Å². The van der Waals surface area contributed by atoms with Gasteiger partial charge in [0.2, 0.25) is 0 Å². The summed E-state index contributed by atoms with van der Waals surface area (Å²) in [5, 5.41) is 7.42. The van der Waals surface area contributed by atoms with Gasteiger partial charge in [-0.3, -0.25) is 0 Å². The third-order valence-electron chi connectivity index (χ3n) is 2.91. The predicted octanol–water partition coefficient (Wildman–Crippen LogP) is 3.22. The molecule has 0 radical (unpaired) electrons. The highest BCUT2D eigenvalue weighted by atomic mass is 32.1. The number of rotatable bonds is 8. The lowest BCUT2D eigenvalue weighted by Gasteiger charge is -2.09. The maximum absolute atomic E-state index is 5.18. The summed E-state index contributed by atoms with van der Waals surface area (Å²) < 4.78 is 0. The molecule has 1 rings (SSSR count). The Morgan fingerprint density at radius 1 is 1.19 bits per heavy atom. The van der Waals surface area contributed by atoms with Gasteiger partial charge in [-0.15, -0.1) is 0 Å². The molecule has 0 amide bonds. The molecule has 1 aliphatic carbocycles. The summed E-state index contributed by atoms with van der Waals surface area (Å²) in [6, 6.07) is 0.672. The van der Waals surface area contributed by atoms with Crippen molar-refractivity contribution in [3.05, 3.63) is 0 Å². The Hall–Kier alpha value is -0.310. The van der Waals surface area contributed by atoms with Crippen molar-refractivity contribution in [2.45, 2.75) is 64.8 Å². The fraction of sp³-hybridized carbons (Fsp3) is 0.923. The third kappa shape index (κ3) is 7.91. The van der Waals surface area contributed by atoms with Crippen LogP contribution in [-0.4, -0.2) is 17.7 Å². The molecule has 0 spiro atoms. The fourth-order valence-corrected chi connectivity index (χ4v) is 1.97. The van der Waals surface area contributed by atoms with E-state index in [1.54, 1.807) is 0 Å². The van der Waals surface area contributed by atoms with E-state index in [1.165, 1.54) is 44.9 Å². The molecule has 0 unspecified atom stereocenters. The molecule has 1 aliphatic rings. The standard InChI is InChI=1S/C13H26N2S/c1-11(2)7-5-3-4-6-10-14-13(16)15-12-8-9-12/h11-12H,3-10H2,1-2H3,(H2,14,15,16). The molecule has 0 aromatic carbocycles. The van der Waals surface area contributed by atoms with Crippen molar-refractivity contribution >= 4 is 17.3 Å². The lowest BCUT2D eigenvalue weighted by Crippen LogP contribution is -2.36. The van der Waals surface area contributed by atoms with Crippen molar-refractivity contribution in [3.8, 4) is 0 Å². The molecule has 3 heteroatoms. The molecule has 16 heavy (non-hydrogen) atoms. The highest BCUT2D eigenvalue weighted by Gasteiger charge is 2.21. The predicted molar refractivity (Wildman–Crippen MR) is 74.7 cm³/mol. The van der Waals surface area contributed by atoms with E-state index in [0.717, 1.165) is 17.6 Å². The van der Waals surface area contributed by atoms with Crippen molar-refractivity contribution in [1.82, 2.24) is 10.6 Å². The Balaban J connectivity index is 1.78. The fourth-order valence-electron chi connectivity index (χ4n) is 1.70. The molecule has 0 aliphatic heterocycles. The monoisotopic (exact) mass is 242 g/mol. The van der Waals surface area contributed by atoms with E-state index in [-0.39, 0.29) is 0 Å². The minimum Gasteiger partial charge on any atom is -0.363 e. The Labute approximate surface area is 106 Å². The van der Waals surface area contributed by atoms with Gasteiger partial charge in [-0.2, -0.15) is 0 Å². The molecule has 2 N–H and O–H groups in total. The first-order valence-electron chi connectivity index (χ1n) is 6.73. The average molecular weight is 242 g/mol. The van der Waals surface area contributed by atoms with Crippen LogP contribution in [0.1, 0.15) is 58.8 Å². The van der Waals surface area contributed by atoms with Gasteiger partial charge in [0.05, 0.1) is 0 Å².